The lowest BCUT2D eigenvalue weighted by Crippen LogP contribution is -2.39. The molecular weight excluding hydrogens is 366 g/mol. The number of hydrogen-bond acceptors (Lipinski definition) is 4. The zero-order valence-corrected chi connectivity index (χ0v) is 18.1. The topological polar surface area (TPSA) is 82.8 Å². The van der Waals surface area contributed by atoms with Crippen LogP contribution < -0.4 is 10.6 Å². The van der Waals surface area contributed by atoms with Gasteiger partial charge >= 0.3 is 0 Å². The van der Waals surface area contributed by atoms with Gasteiger partial charge in [-0.1, -0.05) is 49.3 Å². The second-order valence-corrected chi connectivity index (χ2v) is 7.31. The van der Waals surface area contributed by atoms with Crippen molar-refractivity contribution < 1.29 is 9.32 Å². The first-order chi connectivity index (χ1) is 13.9. The molecule has 0 saturated carbocycles. The summed E-state index contributed by atoms with van der Waals surface area (Å²) in [5, 5.41) is 10.8. The van der Waals surface area contributed by atoms with Crippen molar-refractivity contribution in [2.45, 2.75) is 52.1 Å². The minimum atomic E-state index is -0.0610. The number of guanidine groups is 1. The van der Waals surface area contributed by atoms with Crippen LogP contribution in [0, 0.1) is 0 Å². The van der Waals surface area contributed by atoms with Crippen LogP contribution in [0.3, 0.4) is 0 Å². The van der Waals surface area contributed by atoms with E-state index in [-0.39, 0.29) is 18.5 Å². The smallest absolute Gasteiger partial charge is 0.243 e. The molecule has 1 aromatic carbocycles. The Labute approximate surface area is 173 Å². The molecule has 0 fully saturated rings. The molecule has 1 atom stereocenters. The predicted molar refractivity (Wildman–Crippen MR) is 116 cm³/mol. The van der Waals surface area contributed by atoms with Crippen LogP contribution in [0.4, 0.5) is 0 Å². The summed E-state index contributed by atoms with van der Waals surface area (Å²) in [6.07, 6.45) is 2.07. The summed E-state index contributed by atoms with van der Waals surface area (Å²) in [5.41, 5.74) is 2.12. The molecule has 2 rings (SSSR count). The van der Waals surface area contributed by atoms with Gasteiger partial charge in [0, 0.05) is 26.1 Å². The van der Waals surface area contributed by atoms with Crippen LogP contribution >= 0.6 is 0 Å². The van der Waals surface area contributed by atoms with Crippen LogP contribution in [0.2, 0.25) is 0 Å². The van der Waals surface area contributed by atoms with E-state index in [9.17, 15) is 4.79 Å². The fraction of sp³-hybridized carbons (Fsp3) is 0.500. The number of aromatic nitrogens is 1. The second kappa shape index (κ2) is 11.2. The zero-order valence-electron chi connectivity index (χ0n) is 18.1. The Bertz CT molecular complexity index is 782. The van der Waals surface area contributed by atoms with Crippen molar-refractivity contribution in [3.63, 3.8) is 0 Å². The number of amides is 1. The third-order valence-corrected chi connectivity index (χ3v) is 4.94. The monoisotopic (exact) mass is 399 g/mol. The summed E-state index contributed by atoms with van der Waals surface area (Å²) >= 11 is 0. The number of carbonyl (C=O) groups excluding carboxylic acids is 1. The van der Waals surface area contributed by atoms with E-state index in [1.807, 2.05) is 24.3 Å². The third kappa shape index (κ3) is 6.93. The Hall–Kier alpha value is -2.83. The molecular formula is C22H33N5O2. The van der Waals surface area contributed by atoms with Gasteiger partial charge in [0.05, 0.1) is 18.3 Å². The highest BCUT2D eigenvalue weighted by Crippen LogP contribution is 2.22. The maximum Gasteiger partial charge on any atom is 0.243 e. The number of aliphatic imine (C=N–C) groups is 1. The van der Waals surface area contributed by atoms with Gasteiger partial charge in [-0.05, 0) is 25.3 Å². The van der Waals surface area contributed by atoms with Crippen LogP contribution in [0.5, 0.6) is 0 Å². The molecule has 1 unspecified atom stereocenters. The minimum Gasteiger partial charge on any atom is -0.359 e. The summed E-state index contributed by atoms with van der Waals surface area (Å²) in [7, 11) is 3.44. The standard InChI is InChI=1S/C22H33N5O2/c1-6-17(7-2)20-13-19(29-26-20)14-23-22(24-15-21(28)27(4)5)25-16(3)18-11-9-8-10-12-18/h8-13,16-17H,6-7,14-15H2,1-5H3,(H2,23,24,25). The minimum absolute atomic E-state index is 0.0340. The number of likely N-dealkylation sites (N-methyl/N-ethyl adjacent to an activating group) is 1. The molecule has 0 aliphatic heterocycles. The van der Waals surface area contributed by atoms with Gasteiger partial charge in [-0.25, -0.2) is 4.99 Å². The lowest BCUT2D eigenvalue weighted by Gasteiger charge is -2.18. The van der Waals surface area contributed by atoms with E-state index in [0.29, 0.717) is 18.4 Å². The summed E-state index contributed by atoms with van der Waals surface area (Å²) in [6, 6.07) is 12.1. The summed E-state index contributed by atoms with van der Waals surface area (Å²) in [4.78, 5) is 17.9. The van der Waals surface area contributed by atoms with Gasteiger partial charge in [0.15, 0.2) is 11.7 Å². The van der Waals surface area contributed by atoms with Crippen LogP contribution in [0.1, 0.15) is 62.6 Å². The molecule has 0 saturated heterocycles. The van der Waals surface area contributed by atoms with E-state index in [0.717, 1.165) is 29.9 Å². The first-order valence-corrected chi connectivity index (χ1v) is 10.2. The quantitative estimate of drug-likeness (QED) is 0.498. The molecule has 0 aliphatic carbocycles. The van der Waals surface area contributed by atoms with Crippen LogP contribution in [0.15, 0.2) is 45.9 Å². The lowest BCUT2D eigenvalue weighted by atomic mass is 9.99. The molecule has 158 valence electrons. The molecule has 1 heterocycles. The van der Waals surface area contributed by atoms with Crippen molar-refractivity contribution in [1.82, 2.24) is 20.7 Å². The van der Waals surface area contributed by atoms with Crippen molar-refractivity contribution in [2.75, 3.05) is 20.6 Å². The molecule has 1 amide bonds. The molecule has 7 heteroatoms. The largest absolute Gasteiger partial charge is 0.359 e. The first-order valence-electron chi connectivity index (χ1n) is 10.2. The Morgan fingerprint density at radius 1 is 1.21 bits per heavy atom. The number of hydrogen-bond donors (Lipinski definition) is 2. The predicted octanol–water partition coefficient (Wildman–Crippen LogP) is 3.46. The highest BCUT2D eigenvalue weighted by molar-refractivity contribution is 5.85. The molecule has 2 N–H and O–H groups in total. The van der Waals surface area contributed by atoms with E-state index in [1.165, 1.54) is 4.90 Å². The Balaban J connectivity index is 2.06. The number of nitrogens with zero attached hydrogens (tertiary/aromatic N) is 3. The molecule has 2 aromatic rings. The lowest BCUT2D eigenvalue weighted by molar-refractivity contribution is -0.127. The molecule has 29 heavy (non-hydrogen) atoms. The van der Waals surface area contributed by atoms with Crippen molar-refractivity contribution in [1.29, 1.82) is 0 Å². The van der Waals surface area contributed by atoms with E-state index in [2.05, 4.69) is 53.7 Å². The van der Waals surface area contributed by atoms with Gasteiger partial charge in [0.1, 0.15) is 6.54 Å². The average Bonchev–Trinajstić information content (AvgIpc) is 3.19. The third-order valence-electron chi connectivity index (χ3n) is 4.94. The van der Waals surface area contributed by atoms with Crippen molar-refractivity contribution in [3.8, 4) is 0 Å². The highest BCUT2D eigenvalue weighted by atomic mass is 16.5. The Morgan fingerprint density at radius 3 is 2.52 bits per heavy atom. The number of rotatable bonds is 9. The number of carbonyl (C=O) groups is 1. The molecule has 1 aromatic heterocycles. The normalized spacial score (nSPS) is 12.7. The second-order valence-electron chi connectivity index (χ2n) is 7.31. The zero-order chi connectivity index (χ0) is 21.2. The summed E-state index contributed by atoms with van der Waals surface area (Å²) in [6.45, 7) is 6.88. The van der Waals surface area contributed by atoms with Gasteiger partial charge in [0.2, 0.25) is 5.91 Å². The Kier molecular flexibility index (Phi) is 8.70. The highest BCUT2D eigenvalue weighted by Gasteiger charge is 2.14. The maximum atomic E-state index is 12.0. The van der Waals surface area contributed by atoms with E-state index >= 15 is 0 Å². The van der Waals surface area contributed by atoms with Crippen molar-refractivity contribution >= 4 is 11.9 Å². The Morgan fingerprint density at radius 2 is 1.90 bits per heavy atom. The average molecular weight is 400 g/mol. The van der Waals surface area contributed by atoms with E-state index in [4.69, 9.17) is 4.52 Å². The van der Waals surface area contributed by atoms with Crippen LogP contribution in [-0.4, -0.2) is 42.6 Å². The van der Waals surface area contributed by atoms with Crippen LogP contribution in [0.25, 0.3) is 0 Å². The first kappa shape index (κ1) is 22.5. The fourth-order valence-corrected chi connectivity index (χ4v) is 2.95. The summed E-state index contributed by atoms with van der Waals surface area (Å²) in [5.74, 6) is 1.65. The molecule has 0 radical (unpaired) electrons. The molecule has 0 bridgehead atoms. The van der Waals surface area contributed by atoms with E-state index < -0.39 is 0 Å². The SMILES string of the molecule is CCC(CC)c1cc(CNC(=NCC(=O)N(C)C)NC(C)c2ccccc2)on1. The van der Waals surface area contributed by atoms with Gasteiger partial charge < -0.3 is 20.1 Å². The number of benzene rings is 1. The fourth-order valence-electron chi connectivity index (χ4n) is 2.95. The summed E-state index contributed by atoms with van der Waals surface area (Å²) < 4.78 is 5.48. The van der Waals surface area contributed by atoms with Crippen molar-refractivity contribution in [3.05, 3.63) is 53.4 Å². The van der Waals surface area contributed by atoms with Crippen LogP contribution in [-0.2, 0) is 11.3 Å². The van der Waals surface area contributed by atoms with Gasteiger partial charge in [-0.3, -0.25) is 4.79 Å². The van der Waals surface area contributed by atoms with E-state index in [1.54, 1.807) is 14.1 Å². The van der Waals surface area contributed by atoms with Gasteiger partial charge in [-0.2, -0.15) is 0 Å². The molecule has 0 spiro atoms. The van der Waals surface area contributed by atoms with Gasteiger partial charge in [-0.15, -0.1) is 0 Å². The number of nitrogens with one attached hydrogen (secondary N) is 2. The van der Waals surface area contributed by atoms with Crippen molar-refractivity contribution in [2.24, 2.45) is 4.99 Å². The van der Waals surface area contributed by atoms with Gasteiger partial charge in [0.25, 0.3) is 0 Å². The maximum absolute atomic E-state index is 12.0. The molecule has 7 nitrogen and oxygen atoms in total. The molecule has 0 aliphatic rings.